The molecule has 0 unspecified atom stereocenters. The van der Waals surface area contributed by atoms with Crippen molar-refractivity contribution in [1.82, 2.24) is 13.7 Å². The van der Waals surface area contributed by atoms with E-state index < -0.39 is 0 Å². The standard InChI is InChI=1S/C60H36N6/c1-62-51-37-56(65-54-32-30-44(63(41-18-5-2-6-19-41)42-20-7-3-8-21-42)34-50(54)60-45-24-12-11-17-39(45)29-31-55(60)65)40(38-61)33-59(51)66-53-28-16-14-26-47(53)49-35-57-48(36-58(49)66)46-25-13-15-27-52(46)64(57)43-22-9-4-10-23-43/h2-37H. The zero-order chi connectivity index (χ0) is 43.9. The van der Waals surface area contributed by atoms with Crippen LogP contribution in [0, 0.1) is 17.9 Å². The molecule has 6 heteroatoms. The van der Waals surface area contributed by atoms with Crippen LogP contribution in [0.25, 0.3) is 98.1 Å². The fraction of sp³-hybridized carbons (Fsp3) is 0. The van der Waals surface area contributed by atoms with Crippen molar-refractivity contribution in [3.05, 3.63) is 235 Å². The van der Waals surface area contributed by atoms with Gasteiger partial charge in [-0.3, -0.25) is 0 Å². The predicted molar refractivity (Wildman–Crippen MR) is 273 cm³/mol. The summed E-state index contributed by atoms with van der Waals surface area (Å²) in [6.07, 6.45) is 0. The lowest BCUT2D eigenvalue weighted by molar-refractivity contribution is 1.14. The summed E-state index contributed by atoms with van der Waals surface area (Å²) in [6, 6.07) is 78.6. The first-order valence-corrected chi connectivity index (χ1v) is 22.0. The third-order valence-corrected chi connectivity index (χ3v) is 13.2. The molecule has 0 aliphatic carbocycles. The summed E-state index contributed by atoms with van der Waals surface area (Å²) >= 11 is 0. The highest BCUT2D eigenvalue weighted by molar-refractivity contribution is 6.23. The molecule has 6 nitrogen and oxygen atoms in total. The van der Waals surface area contributed by atoms with Gasteiger partial charge in [0.05, 0.1) is 56.6 Å². The molecule has 0 radical (unpaired) electrons. The number of nitriles is 1. The summed E-state index contributed by atoms with van der Waals surface area (Å²) in [5.41, 5.74) is 12.5. The number of rotatable bonds is 6. The fourth-order valence-electron chi connectivity index (χ4n) is 10.4. The summed E-state index contributed by atoms with van der Waals surface area (Å²) in [7, 11) is 0. The van der Waals surface area contributed by atoms with E-state index in [-0.39, 0.29) is 0 Å². The predicted octanol–water partition coefficient (Wildman–Crippen LogP) is 16.0. The van der Waals surface area contributed by atoms with E-state index in [4.69, 9.17) is 6.57 Å². The van der Waals surface area contributed by atoms with Crippen molar-refractivity contribution in [3.8, 4) is 23.1 Å². The molecule has 3 heterocycles. The van der Waals surface area contributed by atoms with E-state index in [2.05, 4.69) is 212 Å². The van der Waals surface area contributed by atoms with Gasteiger partial charge in [-0.25, -0.2) is 4.85 Å². The molecule has 0 aliphatic rings. The lowest BCUT2D eigenvalue weighted by Crippen LogP contribution is -2.09. The van der Waals surface area contributed by atoms with Crippen molar-refractivity contribution in [2.24, 2.45) is 0 Å². The van der Waals surface area contributed by atoms with E-state index in [0.29, 0.717) is 22.6 Å². The van der Waals surface area contributed by atoms with Gasteiger partial charge >= 0.3 is 0 Å². The maximum absolute atomic E-state index is 11.2. The molecule has 0 aliphatic heterocycles. The quantitative estimate of drug-likeness (QED) is 0.157. The molecule has 0 saturated heterocycles. The molecule has 0 fully saturated rings. The van der Waals surface area contributed by atoms with Gasteiger partial charge in [-0.1, -0.05) is 121 Å². The minimum absolute atomic E-state index is 0.449. The van der Waals surface area contributed by atoms with E-state index in [9.17, 15) is 5.26 Å². The Hall–Kier alpha value is -9.36. The number of fused-ring (bicyclic) bond motifs is 11. The smallest absolute Gasteiger partial charge is 0.212 e. The molecule has 0 amide bonds. The van der Waals surface area contributed by atoms with Crippen molar-refractivity contribution >= 4 is 98.9 Å². The van der Waals surface area contributed by atoms with Crippen molar-refractivity contribution in [2.45, 2.75) is 0 Å². The van der Waals surface area contributed by atoms with Gasteiger partial charge in [0.25, 0.3) is 0 Å². The summed E-state index contributed by atoms with van der Waals surface area (Å²) in [4.78, 5) is 6.53. The fourth-order valence-corrected chi connectivity index (χ4v) is 10.4. The van der Waals surface area contributed by atoms with Crippen LogP contribution in [0.4, 0.5) is 22.7 Å². The first-order valence-electron chi connectivity index (χ1n) is 22.0. The molecule has 13 rings (SSSR count). The highest BCUT2D eigenvalue weighted by atomic mass is 15.1. The molecular formula is C60H36N6. The number of para-hydroxylation sites is 5. The van der Waals surface area contributed by atoms with Crippen LogP contribution in [0.2, 0.25) is 0 Å². The van der Waals surface area contributed by atoms with Gasteiger partial charge in [-0.15, -0.1) is 0 Å². The first kappa shape index (κ1) is 37.2. The largest absolute Gasteiger partial charge is 0.319 e. The van der Waals surface area contributed by atoms with Crippen LogP contribution in [-0.4, -0.2) is 13.7 Å². The topological polar surface area (TPSA) is 46.2 Å². The Morgan fingerprint density at radius 2 is 0.924 bits per heavy atom. The van der Waals surface area contributed by atoms with Gasteiger partial charge < -0.3 is 18.6 Å². The van der Waals surface area contributed by atoms with E-state index in [1.165, 1.54) is 0 Å². The minimum atomic E-state index is 0.449. The van der Waals surface area contributed by atoms with Crippen molar-refractivity contribution < 1.29 is 0 Å². The molecule has 306 valence electrons. The Bertz CT molecular complexity index is 4140. The molecule has 0 bridgehead atoms. The zero-order valence-electron chi connectivity index (χ0n) is 35.5. The average Bonchev–Trinajstić information content (AvgIpc) is 4.01. The van der Waals surface area contributed by atoms with Crippen molar-refractivity contribution in [1.29, 1.82) is 5.26 Å². The Labute approximate surface area is 379 Å². The van der Waals surface area contributed by atoms with E-state index >= 15 is 0 Å². The Morgan fingerprint density at radius 1 is 0.394 bits per heavy atom. The lowest BCUT2D eigenvalue weighted by atomic mass is 10.0. The van der Waals surface area contributed by atoms with Gasteiger partial charge in [0.15, 0.2) is 0 Å². The van der Waals surface area contributed by atoms with Gasteiger partial charge in [0.1, 0.15) is 6.07 Å². The second-order valence-electron chi connectivity index (χ2n) is 16.7. The molecule has 0 spiro atoms. The Kier molecular flexibility index (Phi) is 8.24. The molecule has 10 aromatic carbocycles. The number of hydrogen-bond acceptors (Lipinski definition) is 2. The van der Waals surface area contributed by atoms with Crippen LogP contribution >= 0.6 is 0 Å². The number of nitrogens with zero attached hydrogens (tertiary/aromatic N) is 6. The van der Waals surface area contributed by atoms with Gasteiger partial charge in [0, 0.05) is 55.1 Å². The average molecular weight is 841 g/mol. The van der Waals surface area contributed by atoms with Gasteiger partial charge in [-0.2, -0.15) is 5.26 Å². The van der Waals surface area contributed by atoms with Gasteiger partial charge in [-0.05, 0) is 108 Å². The summed E-state index contributed by atoms with van der Waals surface area (Å²) in [5, 5.41) is 20.0. The summed E-state index contributed by atoms with van der Waals surface area (Å²) < 4.78 is 6.70. The van der Waals surface area contributed by atoms with Crippen LogP contribution in [0.5, 0.6) is 0 Å². The molecule has 0 saturated carbocycles. The second-order valence-corrected chi connectivity index (χ2v) is 16.7. The Balaban J connectivity index is 1.07. The van der Waals surface area contributed by atoms with Crippen LogP contribution in [-0.2, 0) is 0 Å². The van der Waals surface area contributed by atoms with E-state index in [0.717, 1.165) is 98.9 Å². The van der Waals surface area contributed by atoms with Gasteiger partial charge in [0.2, 0.25) is 5.69 Å². The van der Waals surface area contributed by atoms with Crippen molar-refractivity contribution in [3.63, 3.8) is 0 Å². The Morgan fingerprint density at radius 3 is 1.58 bits per heavy atom. The third-order valence-electron chi connectivity index (χ3n) is 13.2. The number of hydrogen-bond donors (Lipinski definition) is 0. The molecule has 13 aromatic rings. The minimum Gasteiger partial charge on any atom is -0.319 e. The van der Waals surface area contributed by atoms with Crippen LogP contribution < -0.4 is 4.90 Å². The van der Waals surface area contributed by atoms with Crippen LogP contribution in [0.1, 0.15) is 5.56 Å². The molecular weight excluding hydrogens is 805 g/mol. The van der Waals surface area contributed by atoms with Crippen LogP contribution in [0.15, 0.2) is 218 Å². The highest BCUT2D eigenvalue weighted by Gasteiger charge is 2.24. The molecule has 66 heavy (non-hydrogen) atoms. The van der Waals surface area contributed by atoms with E-state index in [1.54, 1.807) is 0 Å². The molecule has 0 atom stereocenters. The third kappa shape index (κ3) is 5.46. The number of aromatic nitrogens is 3. The number of benzene rings is 10. The second kappa shape index (κ2) is 14.6. The number of anilines is 3. The lowest BCUT2D eigenvalue weighted by Gasteiger charge is -2.25. The van der Waals surface area contributed by atoms with Crippen molar-refractivity contribution in [2.75, 3.05) is 4.90 Å². The summed E-state index contributed by atoms with van der Waals surface area (Å²) in [6.45, 7) is 8.77. The SMILES string of the molecule is [C-]#[N+]c1cc(-n2c3ccc(N(c4ccccc4)c4ccccc4)cc3c3c4ccccc4ccc32)c(C#N)cc1-n1c2ccccc2c2cc3c(cc21)c1ccccc1n3-c1ccccc1. The monoisotopic (exact) mass is 840 g/mol. The maximum Gasteiger partial charge on any atom is 0.212 e. The van der Waals surface area contributed by atoms with Crippen LogP contribution in [0.3, 0.4) is 0 Å². The first-order chi connectivity index (χ1) is 32.7. The maximum atomic E-state index is 11.2. The zero-order valence-corrected chi connectivity index (χ0v) is 35.5. The summed E-state index contributed by atoms with van der Waals surface area (Å²) in [5.74, 6) is 0. The molecule has 3 aromatic heterocycles. The molecule has 0 N–H and O–H groups in total. The van der Waals surface area contributed by atoms with E-state index in [1.807, 2.05) is 36.4 Å². The highest BCUT2D eigenvalue weighted by Crippen LogP contribution is 2.45. The normalized spacial score (nSPS) is 11.6.